The Morgan fingerprint density at radius 2 is 2.00 bits per heavy atom. The number of pyridine rings is 1. The first-order valence-electron chi connectivity index (χ1n) is 5.25. The first-order valence-corrected chi connectivity index (χ1v) is 6.71. The fourth-order valence-corrected chi connectivity index (χ4v) is 2.02. The van der Waals surface area contributed by atoms with Crippen LogP contribution in [0.25, 0.3) is 0 Å². The van der Waals surface area contributed by atoms with Crippen LogP contribution >= 0.6 is 34.2 Å². The van der Waals surface area contributed by atoms with E-state index in [0.717, 1.165) is 9.13 Å². The molecule has 1 amide bonds. The fraction of sp³-hybridized carbons (Fsp3) is 0.0769. The van der Waals surface area contributed by atoms with Crippen LogP contribution in [0.2, 0.25) is 5.15 Å². The number of aromatic nitrogens is 1. The molecule has 0 radical (unpaired) electrons. The van der Waals surface area contributed by atoms with E-state index in [1.165, 1.54) is 0 Å². The van der Waals surface area contributed by atoms with Crippen molar-refractivity contribution in [3.63, 3.8) is 0 Å². The number of nitrogens with one attached hydrogen (secondary N) is 1. The van der Waals surface area contributed by atoms with Crippen LogP contribution in [0.3, 0.4) is 0 Å². The van der Waals surface area contributed by atoms with Crippen LogP contribution in [0.15, 0.2) is 36.5 Å². The van der Waals surface area contributed by atoms with Crippen molar-refractivity contribution in [2.45, 2.75) is 6.92 Å². The Hall–Kier alpha value is -1.14. The van der Waals surface area contributed by atoms with E-state index in [9.17, 15) is 4.79 Å². The van der Waals surface area contributed by atoms with Crippen LogP contribution in [0.5, 0.6) is 0 Å². The van der Waals surface area contributed by atoms with Crippen molar-refractivity contribution in [3.8, 4) is 0 Å². The number of halogens is 2. The summed E-state index contributed by atoms with van der Waals surface area (Å²) in [4.78, 5) is 15.9. The van der Waals surface area contributed by atoms with Crippen LogP contribution in [-0.2, 0) is 0 Å². The maximum absolute atomic E-state index is 12.0. The Labute approximate surface area is 124 Å². The van der Waals surface area contributed by atoms with E-state index >= 15 is 0 Å². The van der Waals surface area contributed by atoms with Crippen molar-refractivity contribution in [2.24, 2.45) is 0 Å². The van der Waals surface area contributed by atoms with E-state index in [0.29, 0.717) is 16.4 Å². The van der Waals surface area contributed by atoms with Gasteiger partial charge >= 0.3 is 0 Å². The van der Waals surface area contributed by atoms with E-state index in [2.05, 4.69) is 32.9 Å². The van der Waals surface area contributed by atoms with Gasteiger partial charge in [-0.2, -0.15) is 0 Å². The predicted molar refractivity (Wildman–Crippen MR) is 81.1 cm³/mol. The first-order chi connectivity index (χ1) is 8.56. The minimum atomic E-state index is -0.154. The lowest BCUT2D eigenvalue weighted by Gasteiger charge is -2.08. The number of rotatable bonds is 2. The number of anilines is 1. The molecule has 0 spiro atoms. The Bertz CT molecular complexity index is 584. The highest BCUT2D eigenvalue weighted by molar-refractivity contribution is 14.1. The van der Waals surface area contributed by atoms with Crippen LogP contribution in [0, 0.1) is 10.5 Å². The third kappa shape index (κ3) is 3.20. The van der Waals surface area contributed by atoms with Gasteiger partial charge in [0, 0.05) is 9.13 Å². The highest BCUT2D eigenvalue weighted by Crippen LogP contribution is 2.18. The molecule has 1 N–H and O–H groups in total. The highest BCUT2D eigenvalue weighted by atomic mass is 127. The molecule has 0 aliphatic carbocycles. The van der Waals surface area contributed by atoms with Gasteiger partial charge in [-0.15, -0.1) is 0 Å². The fourth-order valence-electron chi connectivity index (χ4n) is 1.45. The maximum Gasteiger partial charge on any atom is 0.255 e. The number of hydrogen-bond acceptors (Lipinski definition) is 2. The van der Waals surface area contributed by atoms with Crippen molar-refractivity contribution >= 4 is 45.8 Å². The van der Waals surface area contributed by atoms with Gasteiger partial charge in [0.2, 0.25) is 0 Å². The molecule has 0 unspecified atom stereocenters. The molecule has 0 saturated carbocycles. The second-order valence-corrected chi connectivity index (χ2v) is 5.42. The smallest absolute Gasteiger partial charge is 0.255 e. The van der Waals surface area contributed by atoms with Gasteiger partial charge in [0.05, 0.1) is 11.9 Å². The van der Waals surface area contributed by atoms with Crippen LogP contribution in [0.1, 0.15) is 15.9 Å². The molecule has 0 saturated heterocycles. The number of nitrogens with zero attached hydrogens (tertiary/aromatic N) is 1. The summed E-state index contributed by atoms with van der Waals surface area (Å²) in [6, 6.07) is 9.07. The largest absolute Gasteiger partial charge is 0.320 e. The predicted octanol–water partition coefficient (Wildman–Crippen LogP) is 3.90. The van der Waals surface area contributed by atoms with Gasteiger partial charge in [0.1, 0.15) is 5.15 Å². The van der Waals surface area contributed by atoms with Crippen molar-refractivity contribution in [1.82, 2.24) is 4.98 Å². The quantitative estimate of drug-likeness (QED) is 0.642. The van der Waals surface area contributed by atoms with Gasteiger partial charge in [-0.25, -0.2) is 4.98 Å². The van der Waals surface area contributed by atoms with E-state index in [-0.39, 0.29) is 5.91 Å². The molecular formula is C13H10ClIN2O. The molecule has 5 heteroatoms. The molecule has 0 fully saturated rings. The van der Waals surface area contributed by atoms with E-state index in [1.807, 2.05) is 19.1 Å². The van der Waals surface area contributed by atoms with Gasteiger partial charge in [0.15, 0.2) is 0 Å². The number of amides is 1. The molecule has 2 rings (SSSR count). The molecule has 0 atom stereocenters. The summed E-state index contributed by atoms with van der Waals surface area (Å²) in [7, 11) is 0. The second kappa shape index (κ2) is 5.67. The Morgan fingerprint density at radius 1 is 1.33 bits per heavy atom. The van der Waals surface area contributed by atoms with Crippen LogP contribution in [0.4, 0.5) is 5.69 Å². The summed E-state index contributed by atoms with van der Waals surface area (Å²) in [6.45, 7) is 1.87. The first kappa shape index (κ1) is 13.3. The maximum atomic E-state index is 12.0. The zero-order chi connectivity index (χ0) is 13.1. The molecule has 1 heterocycles. The molecule has 92 valence electrons. The van der Waals surface area contributed by atoms with E-state index in [1.54, 1.807) is 24.4 Å². The Balaban J connectivity index is 2.18. The van der Waals surface area contributed by atoms with Crippen molar-refractivity contribution < 1.29 is 4.79 Å². The lowest BCUT2D eigenvalue weighted by atomic mass is 10.2. The molecule has 0 aliphatic rings. The number of hydrogen-bond donors (Lipinski definition) is 1. The average molecular weight is 373 g/mol. The monoisotopic (exact) mass is 372 g/mol. The molecule has 1 aromatic carbocycles. The standard InChI is InChI=1S/C13H10ClIN2O/c1-8-6-12(14)16-7-11(8)17-13(18)9-2-4-10(15)5-3-9/h2-7H,1H3,(H,17,18). The summed E-state index contributed by atoms with van der Waals surface area (Å²) in [5.74, 6) is -0.154. The molecule has 3 nitrogen and oxygen atoms in total. The molecule has 2 aromatic rings. The van der Waals surface area contributed by atoms with Crippen LogP contribution < -0.4 is 5.32 Å². The number of carbonyl (C=O) groups is 1. The molecule has 1 aromatic heterocycles. The van der Waals surface area contributed by atoms with Gasteiger partial charge in [-0.05, 0) is 65.4 Å². The highest BCUT2D eigenvalue weighted by Gasteiger charge is 2.08. The normalized spacial score (nSPS) is 10.2. The van der Waals surface area contributed by atoms with Crippen molar-refractivity contribution in [3.05, 3.63) is 56.4 Å². The summed E-state index contributed by atoms with van der Waals surface area (Å²) in [6.07, 6.45) is 1.56. The summed E-state index contributed by atoms with van der Waals surface area (Å²) >= 11 is 7.96. The second-order valence-electron chi connectivity index (χ2n) is 3.78. The average Bonchev–Trinajstić information content (AvgIpc) is 2.33. The van der Waals surface area contributed by atoms with Gasteiger partial charge in [0.25, 0.3) is 5.91 Å². The molecular weight excluding hydrogens is 363 g/mol. The third-order valence-electron chi connectivity index (χ3n) is 2.43. The van der Waals surface area contributed by atoms with Gasteiger partial charge in [-0.3, -0.25) is 4.79 Å². The zero-order valence-corrected chi connectivity index (χ0v) is 12.5. The molecule has 0 aliphatic heterocycles. The minimum Gasteiger partial charge on any atom is -0.320 e. The molecule has 0 bridgehead atoms. The lowest BCUT2D eigenvalue weighted by Crippen LogP contribution is -2.12. The SMILES string of the molecule is Cc1cc(Cl)ncc1NC(=O)c1ccc(I)cc1. The Kier molecular flexibility index (Phi) is 4.19. The summed E-state index contributed by atoms with van der Waals surface area (Å²) < 4.78 is 1.09. The van der Waals surface area contributed by atoms with Crippen molar-refractivity contribution in [2.75, 3.05) is 5.32 Å². The number of aryl methyl sites for hydroxylation is 1. The van der Waals surface area contributed by atoms with Crippen molar-refractivity contribution in [1.29, 1.82) is 0 Å². The topological polar surface area (TPSA) is 42.0 Å². The van der Waals surface area contributed by atoms with Crippen LogP contribution in [-0.4, -0.2) is 10.9 Å². The van der Waals surface area contributed by atoms with E-state index < -0.39 is 0 Å². The van der Waals surface area contributed by atoms with Gasteiger partial charge in [-0.1, -0.05) is 11.6 Å². The molecule has 18 heavy (non-hydrogen) atoms. The zero-order valence-electron chi connectivity index (χ0n) is 9.58. The Morgan fingerprint density at radius 3 is 2.61 bits per heavy atom. The number of carbonyl (C=O) groups excluding carboxylic acids is 1. The lowest BCUT2D eigenvalue weighted by molar-refractivity contribution is 0.102. The summed E-state index contributed by atoms with van der Waals surface area (Å²) in [5.41, 5.74) is 2.17. The van der Waals surface area contributed by atoms with Gasteiger partial charge < -0.3 is 5.32 Å². The third-order valence-corrected chi connectivity index (χ3v) is 3.36. The number of benzene rings is 1. The summed E-state index contributed by atoms with van der Waals surface area (Å²) in [5, 5.41) is 3.23. The minimum absolute atomic E-state index is 0.154. The van der Waals surface area contributed by atoms with E-state index in [4.69, 9.17) is 11.6 Å².